The number of anilines is 2. The van der Waals surface area contributed by atoms with Crippen molar-refractivity contribution in [2.45, 2.75) is 39.8 Å². The van der Waals surface area contributed by atoms with Crippen molar-refractivity contribution in [3.8, 4) is 0 Å². The zero-order chi connectivity index (χ0) is 13.3. The van der Waals surface area contributed by atoms with Gasteiger partial charge < -0.3 is 16.0 Å². The van der Waals surface area contributed by atoms with Gasteiger partial charge in [-0.05, 0) is 27.7 Å². The summed E-state index contributed by atoms with van der Waals surface area (Å²) in [6.07, 6.45) is 3.55. The highest BCUT2D eigenvalue weighted by atomic mass is 15.4. The van der Waals surface area contributed by atoms with Gasteiger partial charge in [0.1, 0.15) is 11.6 Å². The fourth-order valence-electron chi connectivity index (χ4n) is 1.87. The van der Waals surface area contributed by atoms with Gasteiger partial charge in [0.15, 0.2) is 0 Å². The van der Waals surface area contributed by atoms with Crippen molar-refractivity contribution >= 4 is 11.5 Å². The summed E-state index contributed by atoms with van der Waals surface area (Å²) in [6, 6.07) is 0.309. The SMILES string of the molecule is Cc1nn(C(C)C)c(NC(C)c2ncc[nH]2)c1N. The highest BCUT2D eigenvalue weighted by Crippen LogP contribution is 2.28. The van der Waals surface area contributed by atoms with Gasteiger partial charge in [-0.3, -0.25) is 0 Å². The van der Waals surface area contributed by atoms with Crippen molar-refractivity contribution in [1.29, 1.82) is 0 Å². The number of hydrogen-bond acceptors (Lipinski definition) is 4. The third-order valence-electron chi connectivity index (χ3n) is 2.90. The Bertz CT molecular complexity index is 511. The number of imidazole rings is 1. The van der Waals surface area contributed by atoms with E-state index in [9.17, 15) is 0 Å². The third kappa shape index (κ3) is 2.18. The van der Waals surface area contributed by atoms with Crippen LogP contribution in [0.25, 0.3) is 0 Å². The van der Waals surface area contributed by atoms with E-state index in [4.69, 9.17) is 5.73 Å². The topological polar surface area (TPSA) is 84.5 Å². The summed E-state index contributed by atoms with van der Waals surface area (Å²) in [6.45, 7) is 8.10. The molecule has 2 heterocycles. The molecule has 1 atom stereocenters. The molecule has 6 nitrogen and oxygen atoms in total. The molecule has 98 valence electrons. The molecule has 0 aliphatic rings. The smallest absolute Gasteiger partial charge is 0.148 e. The van der Waals surface area contributed by atoms with Gasteiger partial charge in [-0.2, -0.15) is 5.10 Å². The molecule has 0 amide bonds. The predicted octanol–water partition coefficient (Wildman–Crippen LogP) is 2.25. The number of hydrogen-bond donors (Lipinski definition) is 3. The van der Waals surface area contributed by atoms with E-state index in [2.05, 4.69) is 34.2 Å². The summed E-state index contributed by atoms with van der Waals surface area (Å²) in [5, 5.41) is 7.81. The zero-order valence-corrected chi connectivity index (χ0v) is 11.2. The number of nitrogens with zero attached hydrogens (tertiary/aromatic N) is 3. The molecule has 0 aromatic carbocycles. The lowest BCUT2D eigenvalue weighted by Crippen LogP contribution is -2.15. The molecule has 2 aromatic rings. The Morgan fingerprint density at radius 1 is 1.39 bits per heavy atom. The molecule has 0 fully saturated rings. The minimum absolute atomic E-state index is 0.0518. The summed E-state index contributed by atoms with van der Waals surface area (Å²) in [4.78, 5) is 7.32. The maximum atomic E-state index is 6.07. The largest absolute Gasteiger partial charge is 0.394 e. The molecule has 0 saturated heterocycles. The summed E-state index contributed by atoms with van der Waals surface area (Å²) in [5.74, 6) is 1.73. The Labute approximate surface area is 107 Å². The van der Waals surface area contributed by atoms with E-state index < -0.39 is 0 Å². The maximum Gasteiger partial charge on any atom is 0.148 e. The minimum Gasteiger partial charge on any atom is -0.394 e. The lowest BCUT2D eigenvalue weighted by molar-refractivity contribution is 0.531. The fraction of sp³-hybridized carbons (Fsp3) is 0.500. The summed E-state index contributed by atoms with van der Waals surface area (Å²) >= 11 is 0. The van der Waals surface area contributed by atoms with Crippen LogP contribution in [0.15, 0.2) is 12.4 Å². The number of rotatable bonds is 4. The predicted molar refractivity (Wildman–Crippen MR) is 72.4 cm³/mol. The molecule has 4 N–H and O–H groups in total. The monoisotopic (exact) mass is 248 g/mol. The third-order valence-corrected chi connectivity index (χ3v) is 2.90. The van der Waals surface area contributed by atoms with Gasteiger partial charge in [-0.25, -0.2) is 9.67 Å². The van der Waals surface area contributed by atoms with Gasteiger partial charge in [0.2, 0.25) is 0 Å². The molecule has 0 spiro atoms. The van der Waals surface area contributed by atoms with Crippen LogP contribution in [-0.4, -0.2) is 19.7 Å². The van der Waals surface area contributed by atoms with Crippen LogP contribution in [0.4, 0.5) is 11.5 Å². The van der Waals surface area contributed by atoms with Crippen LogP contribution in [0.1, 0.15) is 44.4 Å². The van der Waals surface area contributed by atoms with Crippen LogP contribution in [0.3, 0.4) is 0 Å². The second-order valence-electron chi connectivity index (χ2n) is 4.73. The first kappa shape index (κ1) is 12.5. The molecule has 6 heteroatoms. The van der Waals surface area contributed by atoms with E-state index in [0.29, 0.717) is 5.69 Å². The molecular weight excluding hydrogens is 228 g/mol. The molecule has 2 aromatic heterocycles. The highest BCUT2D eigenvalue weighted by Gasteiger charge is 2.17. The minimum atomic E-state index is 0.0518. The van der Waals surface area contributed by atoms with Crippen LogP contribution in [0, 0.1) is 6.92 Å². The lowest BCUT2D eigenvalue weighted by atomic mass is 10.3. The van der Waals surface area contributed by atoms with Crippen LogP contribution >= 0.6 is 0 Å². The van der Waals surface area contributed by atoms with Gasteiger partial charge in [-0.1, -0.05) is 0 Å². The van der Waals surface area contributed by atoms with Gasteiger partial charge in [0, 0.05) is 18.4 Å². The Kier molecular flexibility index (Phi) is 3.27. The first-order valence-corrected chi connectivity index (χ1v) is 6.11. The standard InChI is InChI=1S/C12H20N6/c1-7(2)18-12(10(13)8(3)17-18)16-9(4)11-14-5-6-15-11/h5-7,9,16H,13H2,1-4H3,(H,14,15). The van der Waals surface area contributed by atoms with Crippen molar-refractivity contribution in [2.75, 3.05) is 11.1 Å². The van der Waals surface area contributed by atoms with E-state index in [1.807, 2.05) is 24.7 Å². The molecule has 0 aliphatic carbocycles. The second-order valence-corrected chi connectivity index (χ2v) is 4.73. The molecular formula is C12H20N6. The Hall–Kier alpha value is -1.98. The van der Waals surface area contributed by atoms with Crippen molar-refractivity contribution in [1.82, 2.24) is 19.7 Å². The Morgan fingerprint density at radius 3 is 2.67 bits per heavy atom. The van der Waals surface area contributed by atoms with Crippen molar-refractivity contribution in [3.05, 3.63) is 23.9 Å². The molecule has 0 aliphatic heterocycles. The van der Waals surface area contributed by atoms with Gasteiger partial charge >= 0.3 is 0 Å². The Balaban J connectivity index is 2.28. The summed E-state index contributed by atoms with van der Waals surface area (Å²) < 4.78 is 1.91. The first-order valence-electron chi connectivity index (χ1n) is 6.11. The van der Waals surface area contributed by atoms with E-state index in [1.165, 1.54) is 0 Å². The summed E-state index contributed by atoms with van der Waals surface area (Å²) in [7, 11) is 0. The first-order chi connectivity index (χ1) is 8.50. The van der Waals surface area contributed by atoms with Gasteiger partial charge in [0.25, 0.3) is 0 Å². The van der Waals surface area contributed by atoms with E-state index >= 15 is 0 Å². The number of H-pyrrole nitrogens is 1. The van der Waals surface area contributed by atoms with Crippen molar-refractivity contribution in [2.24, 2.45) is 0 Å². The highest BCUT2D eigenvalue weighted by molar-refractivity contribution is 5.65. The number of aryl methyl sites for hydroxylation is 1. The fourth-order valence-corrected chi connectivity index (χ4v) is 1.87. The number of nitrogen functional groups attached to an aromatic ring is 1. The number of aromatic nitrogens is 4. The second kappa shape index (κ2) is 4.72. The molecule has 18 heavy (non-hydrogen) atoms. The quantitative estimate of drug-likeness (QED) is 0.774. The lowest BCUT2D eigenvalue weighted by Gasteiger charge is -2.17. The van der Waals surface area contributed by atoms with Crippen LogP contribution in [0.5, 0.6) is 0 Å². The van der Waals surface area contributed by atoms with E-state index in [1.54, 1.807) is 6.20 Å². The number of aromatic amines is 1. The average Bonchev–Trinajstić information content (AvgIpc) is 2.92. The molecule has 0 saturated carbocycles. The molecule has 0 radical (unpaired) electrons. The Morgan fingerprint density at radius 2 is 2.11 bits per heavy atom. The van der Waals surface area contributed by atoms with Gasteiger partial charge in [0.05, 0.1) is 17.4 Å². The number of nitrogens with two attached hydrogens (primary N) is 1. The van der Waals surface area contributed by atoms with Crippen molar-refractivity contribution < 1.29 is 0 Å². The number of nitrogens with one attached hydrogen (secondary N) is 2. The van der Waals surface area contributed by atoms with Crippen LogP contribution < -0.4 is 11.1 Å². The van der Waals surface area contributed by atoms with E-state index in [-0.39, 0.29) is 12.1 Å². The van der Waals surface area contributed by atoms with Crippen LogP contribution in [-0.2, 0) is 0 Å². The molecule has 1 unspecified atom stereocenters. The normalized spacial score (nSPS) is 12.9. The zero-order valence-electron chi connectivity index (χ0n) is 11.2. The molecule has 2 rings (SSSR count). The molecule has 0 bridgehead atoms. The maximum absolute atomic E-state index is 6.07. The van der Waals surface area contributed by atoms with E-state index in [0.717, 1.165) is 17.3 Å². The van der Waals surface area contributed by atoms with Crippen molar-refractivity contribution in [3.63, 3.8) is 0 Å². The van der Waals surface area contributed by atoms with Gasteiger partial charge in [-0.15, -0.1) is 0 Å². The van der Waals surface area contributed by atoms with Crippen LogP contribution in [0.2, 0.25) is 0 Å². The average molecular weight is 248 g/mol. The summed E-state index contributed by atoms with van der Waals surface area (Å²) in [5.41, 5.74) is 7.61.